The van der Waals surface area contributed by atoms with Crippen LogP contribution in [-0.4, -0.2) is 21.5 Å². The van der Waals surface area contributed by atoms with Crippen LogP contribution in [0.1, 0.15) is 17.0 Å². The van der Waals surface area contributed by atoms with Crippen LogP contribution in [-0.2, 0) is 17.9 Å². The monoisotopic (exact) mass is 305 g/mol. The molecule has 4 nitrogen and oxygen atoms in total. The van der Waals surface area contributed by atoms with Crippen molar-refractivity contribution in [3.63, 3.8) is 0 Å². The van der Waals surface area contributed by atoms with E-state index in [1.165, 1.54) is 16.2 Å². The van der Waals surface area contributed by atoms with Crippen molar-refractivity contribution in [2.45, 2.75) is 24.4 Å². The number of amides is 1. The van der Waals surface area contributed by atoms with E-state index >= 15 is 0 Å². The number of fused-ring (bicyclic) bond motifs is 1. The van der Waals surface area contributed by atoms with E-state index in [4.69, 9.17) is 5.73 Å². The summed E-state index contributed by atoms with van der Waals surface area (Å²) in [6, 6.07) is 10.2. The van der Waals surface area contributed by atoms with Gasteiger partial charge >= 0.3 is 0 Å². The number of carbonyl (C=O) groups is 1. The first-order valence-electron chi connectivity index (χ1n) is 6.42. The van der Waals surface area contributed by atoms with Crippen LogP contribution < -0.4 is 5.73 Å². The maximum absolute atomic E-state index is 12.1. The molecule has 0 atom stereocenters. The molecule has 0 fully saturated rings. The van der Waals surface area contributed by atoms with E-state index in [0.717, 1.165) is 16.3 Å². The lowest BCUT2D eigenvalue weighted by Gasteiger charge is -2.15. The largest absolute Gasteiger partial charge is 0.375 e. The van der Waals surface area contributed by atoms with Gasteiger partial charge in [0.05, 0.1) is 23.7 Å². The number of anilines is 1. The van der Waals surface area contributed by atoms with Crippen LogP contribution in [0.3, 0.4) is 0 Å². The molecule has 0 radical (unpaired) electrons. The van der Waals surface area contributed by atoms with Gasteiger partial charge in [0.15, 0.2) is 5.13 Å². The molecule has 2 aromatic rings. The molecular formula is C14H15N3OS2. The van der Waals surface area contributed by atoms with Crippen LogP contribution in [0.25, 0.3) is 0 Å². The maximum atomic E-state index is 12.1. The second-order valence-corrected chi connectivity index (χ2v) is 6.87. The molecule has 1 aromatic heterocycles. The Hall–Kier alpha value is -1.53. The van der Waals surface area contributed by atoms with E-state index < -0.39 is 0 Å². The fourth-order valence-corrected chi connectivity index (χ4v) is 3.89. The Balaban J connectivity index is 1.48. The molecule has 6 heteroatoms. The maximum Gasteiger partial charge on any atom is 0.224 e. The van der Waals surface area contributed by atoms with E-state index in [-0.39, 0.29) is 5.91 Å². The van der Waals surface area contributed by atoms with E-state index in [1.54, 1.807) is 11.8 Å². The highest BCUT2D eigenvalue weighted by Crippen LogP contribution is 2.30. The van der Waals surface area contributed by atoms with E-state index in [9.17, 15) is 4.79 Å². The molecule has 0 bridgehead atoms. The third-order valence-corrected chi connectivity index (χ3v) is 5.08. The van der Waals surface area contributed by atoms with Crippen LogP contribution in [0.4, 0.5) is 5.13 Å². The molecule has 0 spiro atoms. The molecule has 2 N–H and O–H groups in total. The average molecular weight is 305 g/mol. The number of aromatic nitrogens is 1. The molecule has 2 heterocycles. The second-order valence-electron chi connectivity index (χ2n) is 4.58. The standard InChI is InChI=1S/C14H15N3OS2/c15-14-16-11-8-17(9-12(11)20-14)13(18)6-7-19-10-4-2-1-3-5-10/h1-5H,6-9H2,(H2,15,16). The average Bonchev–Trinajstić information content (AvgIpc) is 2.97. The van der Waals surface area contributed by atoms with E-state index in [1.807, 2.05) is 23.1 Å². The topological polar surface area (TPSA) is 59.2 Å². The van der Waals surface area contributed by atoms with Crippen molar-refractivity contribution in [3.8, 4) is 0 Å². The summed E-state index contributed by atoms with van der Waals surface area (Å²) < 4.78 is 0. The fraction of sp³-hybridized carbons (Fsp3) is 0.286. The number of nitrogens with two attached hydrogens (primary N) is 1. The molecule has 104 valence electrons. The molecule has 1 amide bonds. The molecular weight excluding hydrogens is 290 g/mol. The van der Waals surface area contributed by atoms with Gasteiger partial charge in [-0.05, 0) is 12.1 Å². The third kappa shape index (κ3) is 2.96. The van der Waals surface area contributed by atoms with Gasteiger partial charge in [-0.3, -0.25) is 4.79 Å². The summed E-state index contributed by atoms with van der Waals surface area (Å²) in [5, 5.41) is 0.599. The second kappa shape index (κ2) is 5.85. The van der Waals surface area contributed by atoms with Crippen molar-refractivity contribution in [2.24, 2.45) is 0 Å². The molecule has 0 saturated carbocycles. The van der Waals surface area contributed by atoms with Gasteiger partial charge in [-0.1, -0.05) is 18.2 Å². The van der Waals surface area contributed by atoms with Gasteiger partial charge in [0, 0.05) is 17.1 Å². The van der Waals surface area contributed by atoms with Crippen LogP contribution in [0, 0.1) is 0 Å². The summed E-state index contributed by atoms with van der Waals surface area (Å²) in [6.07, 6.45) is 0.560. The highest BCUT2D eigenvalue weighted by Gasteiger charge is 2.26. The zero-order valence-corrected chi connectivity index (χ0v) is 12.5. The van der Waals surface area contributed by atoms with Gasteiger partial charge in [0.2, 0.25) is 5.91 Å². The van der Waals surface area contributed by atoms with Gasteiger partial charge in [0.25, 0.3) is 0 Å². The summed E-state index contributed by atoms with van der Waals surface area (Å²) in [5.41, 5.74) is 6.62. The van der Waals surface area contributed by atoms with Crippen molar-refractivity contribution in [3.05, 3.63) is 40.9 Å². The van der Waals surface area contributed by atoms with Crippen LogP contribution in [0.5, 0.6) is 0 Å². The lowest BCUT2D eigenvalue weighted by molar-refractivity contribution is -0.131. The molecule has 20 heavy (non-hydrogen) atoms. The van der Waals surface area contributed by atoms with Gasteiger partial charge in [0.1, 0.15) is 0 Å². The Morgan fingerprint density at radius 2 is 2.15 bits per heavy atom. The minimum Gasteiger partial charge on any atom is -0.375 e. The molecule has 1 aliphatic rings. The van der Waals surface area contributed by atoms with Gasteiger partial charge in [-0.15, -0.1) is 23.1 Å². The number of nitrogen functional groups attached to an aromatic ring is 1. The number of carbonyl (C=O) groups excluding carboxylic acids is 1. The highest BCUT2D eigenvalue weighted by atomic mass is 32.2. The summed E-state index contributed by atoms with van der Waals surface area (Å²) in [4.78, 5) is 20.6. The Bertz CT molecular complexity index is 589. The lowest BCUT2D eigenvalue weighted by atomic mass is 10.4. The first-order valence-corrected chi connectivity index (χ1v) is 8.22. The predicted molar refractivity (Wildman–Crippen MR) is 82.6 cm³/mol. The minimum absolute atomic E-state index is 0.192. The van der Waals surface area contributed by atoms with Crippen LogP contribution in [0.15, 0.2) is 35.2 Å². The van der Waals surface area contributed by atoms with E-state index in [2.05, 4.69) is 17.1 Å². The highest BCUT2D eigenvalue weighted by molar-refractivity contribution is 7.99. The molecule has 0 aliphatic carbocycles. The zero-order valence-electron chi connectivity index (χ0n) is 10.9. The number of hydrogen-bond donors (Lipinski definition) is 1. The predicted octanol–water partition coefficient (Wildman–Crippen LogP) is 2.75. The first-order chi connectivity index (χ1) is 9.72. The van der Waals surface area contributed by atoms with Gasteiger partial charge in [-0.2, -0.15) is 0 Å². The summed E-state index contributed by atoms with van der Waals surface area (Å²) in [5.74, 6) is 1.000. The van der Waals surface area contributed by atoms with Crippen molar-refractivity contribution < 1.29 is 4.79 Å². The fourth-order valence-electron chi connectivity index (χ4n) is 2.17. The third-order valence-electron chi connectivity index (χ3n) is 3.15. The molecule has 0 saturated heterocycles. The normalized spacial score (nSPS) is 13.5. The number of thioether (sulfide) groups is 1. The smallest absolute Gasteiger partial charge is 0.224 e. The minimum atomic E-state index is 0.192. The Labute approximate surface area is 126 Å². The van der Waals surface area contributed by atoms with E-state index in [0.29, 0.717) is 24.6 Å². The van der Waals surface area contributed by atoms with Gasteiger partial charge in [-0.25, -0.2) is 4.98 Å². The Kier molecular flexibility index (Phi) is 3.93. The number of benzene rings is 1. The number of thiazole rings is 1. The van der Waals surface area contributed by atoms with Crippen molar-refractivity contribution in [2.75, 3.05) is 11.5 Å². The van der Waals surface area contributed by atoms with Crippen LogP contribution >= 0.6 is 23.1 Å². The summed E-state index contributed by atoms with van der Waals surface area (Å²) in [7, 11) is 0. The van der Waals surface area contributed by atoms with Crippen molar-refractivity contribution >= 4 is 34.1 Å². The zero-order chi connectivity index (χ0) is 13.9. The Morgan fingerprint density at radius 1 is 1.35 bits per heavy atom. The van der Waals surface area contributed by atoms with Gasteiger partial charge < -0.3 is 10.6 Å². The number of rotatable bonds is 4. The summed E-state index contributed by atoms with van der Waals surface area (Å²) in [6.45, 7) is 1.27. The summed E-state index contributed by atoms with van der Waals surface area (Å²) >= 11 is 3.20. The first kappa shape index (κ1) is 13.5. The molecule has 1 aliphatic heterocycles. The molecule has 3 rings (SSSR count). The lowest BCUT2D eigenvalue weighted by Crippen LogP contribution is -2.25. The van der Waals surface area contributed by atoms with Crippen molar-refractivity contribution in [1.82, 2.24) is 9.88 Å². The van der Waals surface area contributed by atoms with Crippen molar-refractivity contribution in [1.29, 1.82) is 0 Å². The number of hydrogen-bond acceptors (Lipinski definition) is 5. The quantitative estimate of drug-likeness (QED) is 0.882. The Morgan fingerprint density at radius 3 is 2.90 bits per heavy atom. The van der Waals surface area contributed by atoms with Crippen LogP contribution in [0.2, 0.25) is 0 Å². The molecule has 0 unspecified atom stereocenters. The molecule has 1 aromatic carbocycles. The number of nitrogens with zero attached hydrogens (tertiary/aromatic N) is 2. The SMILES string of the molecule is Nc1nc2c(s1)CN(C(=O)CCSc1ccccc1)C2.